The number of furan rings is 2. The van der Waals surface area contributed by atoms with Gasteiger partial charge in [-0.2, -0.15) is 9.97 Å². The van der Waals surface area contributed by atoms with Gasteiger partial charge < -0.3 is 8.83 Å². The molecule has 0 amide bonds. The predicted octanol–water partition coefficient (Wildman–Crippen LogP) is 12.9. The van der Waals surface area contributed by atoms with Crippen molar-refractivity contribution in [3.05, 3.63) is 170 Å². The normalized spacial score (nSPS) is 12.0. The Kier molecular flexibility index (Phi) is 6.24. The fraction of sp³-hybridized carbons (Fsp3) is 0. The molecule has 12 aromatic rings. The van der Waals surface area contributed by atoms with E-state index >= 15 is 0 Å². The molecule has 0 aliphatic carbocycles. The summed E-state index contributed by atoms with van der Waals surface area (Å²) in [6.07, 6.45) is 0. The molecule has 55 heavy (non-hydrogen) atoms. The second-order valence-electron chi connectivity index (χ2n) is 14.0. The van der Waals surface area contributed by atoms with Gasteiger partial charge in [0.2, 0.25) is 5.95 Å². The lowest BCUT2D eigenvalue weighted by Crippen LogP contribution is -2.07. The molecule has 0 atom stereocenters. The summed E-state index contributed by atoms with van der Waals surface area (Å²) in [4.78, 5) is 15.7. The topological polar surface area (TPSA) is 69.9 Å². The molecular weight excluding hydrogens is 677 g/mol. The Labute approximate surface area is 313 Å². The van der Waals surface area contributed by atoms with Crippen LogP contribution >= 0.6 is 0 Å². The quantitative estimate of drug-likeness (QED) is 0.182. The van der Waals surface area contributed by atoms with Crippen molar-refractivity contribution in [3.8, 4) is 39.9 Å². The SMILES string of the molecule is c1ccc(-c2nc(-c3ccc4c(c3)oc3ccccc34)nc(-n3c4cc5ccccc5cc4c4cccc(-c5ccc6oc7ccccc7c6c5)c43)n2)cc1. The Morgan fingerprint density at radius 2 is 0.982 bits per heavy atom. The summed E-state index contributed by atoms with van der Waals surface area (Å²) >= 11 is 0. The van der Waals surface area contributed by atoms with Crippen LogP contribution in [-0.4, -0.2) is 19.5 Å². The Morgan fingerprint density at radius 1 is 0.364 bits per heavy atom. The van der Waals surface area contributed by atoms with Crippen molar-refractivity contribution in [3.63, 3.8) is 0 Å². The summed E-state index contributed by atoms with van der Waals surface area (Å²) < 4.78 is 14.8. The number of benzene rings is 8. The highest BCUT2D eigenvalue weighted by atomic mass is 16.3. The first-order valence-electron chi connectivity index (χ1n) is 18.3. The maximum Gasteiger partial charge on any atom is 0.238 e. The highest BCUT2D eigenvalue weighted by Crippen LogP contribution is 2.41. The standard InChI is InChI=1S/C49H28N4O2/c1-2-11-29(12-3-1)47-50-48(33-21-23-37-35-15-6-8-19-42(35)55-45(37)28-33)52-49(51-47)53-41-27-31-14-5-4-13-30(31)25-39(41)38-18-10-17-34(46(38)53)32-22-24-44-40(26-32)36-16-7-9-20-43(36)54-44/h1-28H. The van der Waals surface area contributed by atoms with Gasteiger partial charge in [-0.1, -0.05) is 121 Å². The third-order valence-electron chi connectivity index (χ3n) is 10.8. The van der Waals surface area contributed by atoms with Gasteiger partial charge >= 0.3 is 0 Å². The molecule has 0 aliphatic rings. The number of rotatable bonds is 4. The number of aromatic nitrogens is 4. The van der Waals surface area contributed by atoms with Crippen molar-refractivity contribution >= 4 is 76.5 Å². The van der Waals surface area contributed by atoms with Crippen LogP contribution in [0.3, 0.4) is 0 Å². The molecule has 0 fully saturated rings. The summed E-state index contributed by atoms with van der Waals surface area (Å²) in [7, 11) is 0. The largest absolute Gasteiger partial charge is 0.456 e. The zero-order valence-electron chi connectivity index (χ0n) is 29.3. The Hall–Kier alpha value is -7.57. The minimum Gasteiger partial charge on any atom is -0.456 e. The van der Waals surface area contributed by atoms with Crippen molar-refractivity contribution in [2.45, 2.75) is 0 Å². The molecule has 6 nitrogen and oxygen atoms in total. The van der Waals surface area contributed by atoms with Crippen molar-refractivity contribution in [1.29, 1.82) is 0 Å². The molecule has 4 aromatic heterocycles. The molecule has 0 spiro atoms. The zero-order chi connectivity index (χ0) is 36.0. The Morgan fingerprint density at radius 3 is 1.80 bits per heavy atom. The van der Waals surface area contributed by atoms with E-state index in [1.54, 1.807) is 0 Å². The molecule has 12 rings (SSSR count). The number of hydrogen-bond acceptors (Lipinski definition) is 5. The monoisotopic (exact) mass is 704 g/mol. The lowest BCUT2D eigenvalue weighted by molar-refractivity contribution is 0.668. The van der Waals surface area contributed by atoms with E-state index in [9.17, 15) is 0 Å². The minimum atomic E-state index is 0.533. The average Bonchev–Trinajstić information content (AvgIpc) is 3.91. The maximum atomic E-state index is 6.32. The van der Waals surface area contributed by atoms with Gasteiger partial charge in [0, 0.05) is 49.0 Å². The summed E-state index contributed by atoms with van der Waals surface area (Å²) in [5, 5.41) is 8.85. The molecule has 0 saturated heterocycles. The van der Waals surface area contributed by atoms with Crippen LogP contribution in [0.15, 0.2) is 179 Å². The molecule has 0 aliphatic heterocycles. The van der Waals surface area contributed by atoms with Crippen LogP contribution in [0.4, 0.5) is 0 Å². The van der Waals surface area contributed by atoms with Crippen molar-refractivity contribution in [2.24, 2.45) is 0 Å². The van der Waals surface area contributed by atoms with Gasteiger partial charge in [-0.25, -0.2) is 4.98 Å². The Bertz CT molecular complexity index is 3500. The minimum absolute atomic E-state index is 0.533. The molecule has 4 heterocycles. The van der Waals surface area contributed by atoms with Crippen LogP contribution in [0.25, 0.3) is 116 Å². The second kappa shape index (κ2) is 11.5. The van der Waals surface area contributed by atoms with Crippen LogP contribution in [-0.2, 0) is 0 Å². The van der Waals surface area contributed by atoms with E-state index in [1.165, 1.54) is 5.39 Å². The lowest BCUT2D eigenvalue weighted by atomic mass is 9.99. The average molecular weight is 705 g/mol. The van der Waals surface area contributed by atoms with E-state index in [0.717, 1.165) is 93.3 Å². The summed E-state index contributed by atoms with van der Waals surface area (Å²) in [5.74, 6) is 1.68. The molecule has 0 N–H and O–H groups in total. The smallest absolute Gasteiger partial charge is 0.238 e. The molecule has 8 aromatic carbocycles. The van der Waals surface area contributed by atoms with Crippen molar-refractivity contribution in [1.82, 2.24) is 19.5 Å². The van der Waals surface area contributed by atoms with Gasteiger partial charge in [0.25, 0.3) is 0 Å². The molecular formula is C49H28N4O2. The van der Waals surface area contributed by atoms with E-state index in [-0.39, 0.29) is 0 Å². The number of hydrogen-bond donors (Lipinski definition) is 0. The van der Waals surface area contributed by atoms with Gasteiger partial charge in [0.15, 0.2) is 11.6 Å². The first kappa shape index (κ1) is 29.9. The van der Waals surface area contributed by atoms with E-state index in [4.69, 9.17) is 23.8 Å². The van der Waals surface area contributed by atoms with Crippen LogP contribution in [0.1, 0.15) is 0 Å². The van der Waals surface area contributed by atoms with Crippen LogP contribution < -0.4 is 0 Å². The van der Waals surface area contributed by atoms with E-state index in [2.05, 4.69) is 108 Å². The van der Waals surface area contributed by atoms with Gasteiger partial charge in [0.1, 0.15) is 22.3 Å². The highest BCUT2D eigenvalue weighted by molar-refractivity contribution is 6.17. The molecule has 0 bridgehead atoms. The van der Waals surface area contributed by atoms with E-state index < -0.39 is 0 Å². The van der Waals surface area contributed by atoms with Crippen molar-refractivity contribution in [2.75, 3.05) is 0 Å². The fourth-order valence-corrected chi connectivity index (χ4v) is 8.26. The highest BCUT2D eigenvalue weighted by Gasteiger charge is 2.22. The molecule has 0 unspecified atom stereocenters. The third kappa shape index (κ3) is 4.58. The first-order chi connectivity index (χ1) is 27.2. The van der Waals surface area contributed by atoms with Gasteiger partial charge in [-0.05, 0) is 64.9 Å². The third-order valence-corrected chi connectivity index (χ3v) is 10.8. The number of nitrogens with zero attached hydrogens (tertiary/aromatic N) is 4. The maximum absolute atomic E-state index is 6.32. The van der Waals surface area contributed by atoms with Crippen LogP contribution in [0.2, 0.25) is 0 Å². The van der Waals surface area contributed by atoms with Gasteiger partial charge in [-0.3, -0.25) is 4.57 Å². The Balaban J connectivity index is 1.17. The van der Waals surface area contributed by atoms with Gasteiger partial charge in [0.05, 0.1) is 11.0 Å². The lowest BCUT2D eigenvalue weighted by Gasteiger charge is -2.13. The zero-order valence-corrected chi connectivity index (χ0v) is 29.3. The molecule has 0 saturated carbocycles. The van der Waals surface area contributed by atoms with Crippen LogP contribution in [0.5, 0.6) is 0 Å². The van der Waals surface area contributed by atoms with E-state index in [0.29, 0.717) is 17.6 Å². The number of fused-ring (bicyclic) bond motifs is 10. The van der Waals surface area contributed by atoms with E-state index in [1.807, 2.05) is 66.7 Å². The summed E-state index contributed by atoms with van der Waals surface area (Å²) in [5.41, 5.74) is 9.29. The molecule has 0 radical (unpaired) electrons. The molecule has 6 heteroatoms. The van der Waals surface area contributed by atoms with Gasteiger partial charge in [-0.15, -0.1) is 0 Å². The fourth-order valence-electron chi connectivity index (χ4n) is 8.26. The predicted molar refractivity (Wildman–Crippen MR) is 223 cm³/mol. The number of para-hydroxylation sites is 3. The summed E-state index contributed by atoms with van der Waals surface area (Å²) in [6.45, 7) is 0. The van der Waals surface area contributed by atoms with Crippen LogP contribution in [0, 0.1) is 0 Å². The second-order valence-corrected chi connectivity index (χ2v) is 14.0. The first-order valence-corrected chi connectivity index (χ1v) is 18.3. The molecule has 256 valence electrons. The summed E-state index contributed by atoms with van der Waals surface area (Å²) in [6, 6.07) is 58.7. The van der Waals surface area contributed by atoms with Crippen molar-refractivity contribution < 1.29 is 8.83 Å².